The number of phosphoric ester groups is 3. The highest BCUT2D eigenvalue weighted by Gasteiger charge is 2.57. The normalized spacial score (nSPS) is 34.9. The summed E-state index contributed by atoms with van der Waals surface area (Å²) in [5, 5.41) is 19.8. The molecule has 0 spiro atoms. The number of phosphoric acid groups is 3. The second kappa shape index (κ2) is 8.07. The van der Waals surface area contributed by atoms with Gasteiger partial charge >= 0.3 is 23.5 Å². The van der Waals surface area contributed by atoms with E-state index in [1.54, 1.807) is 0 Å². The molecule has 18 heteroatoms. The van der Waals surface area contributed by atoms with E-state index in [-0.39, 0.29) is 0 Å². The summed E-state index contributed by atoms with van der Waals surface area (Å²) < 4.78 is 50.5. The molecule has 1 rings (SSSR count). The van der Waals surface area contributed by atoms with Crippen molar-refractivity contribution in [3.63, 3.8) is 0 Å². The molecule has 150 valence electrons. The van der Waals surface area contributed by atoms with Crippen molar-refractivity contribution in [3.8, 4) is 0 Å². The second-order valence-electron chi connectivity index (χ2n) is 4.86. The predicted molar refractivity (Wildman–Crippen MR) is 73.6 cm³/mol. The Labute approximate surface area is 139 Å². The molecule has 0 bridgehead atoms. The number of aliphatic hydroxyl groups is 2. The molecule has 0 aromatic rings. The van der Waals surface area contributed by atoms with Crippen LogP contribution in [0.15, 0.2) is 0 Å². The van der Waals surface area contributed by atoms with E-state index in [1.165, 1.54) is 0 Å². The molecule has 15 nitrogen and oxygen atoms in total. The fraction of sp³-hybridized carbons (Fsp3) is 1.00. The molecule has 25 heavy (non-hydrogen) atoms. The van der Waals surface area contributed by atoms with Gasteiger partial charge in [-0.15, -0.1) is 0 Å². The zero-order chi connectivity index (χ0) is 19.8. The lowest BCUT2D eigenvalue weighted by Crippen LogP contribution is -2.65. The molecule has 0 amide bonds. The maximum absolute atomic E-state index is 11.1. The predicted octanol–water partition coefficient (Wildman–Crippen LogP) is -2.83. The minimum absolute atomic E-state index is 0.898. The van der Waals surface area contributed by atoms with Crippen LogP contribution in [0.3, 0.4) is 0 Å². The first-order chi connectivity index (χ1) is 11.1. The molecule has 0 aliphatic heterocycles. The summed E-state index contributed by atoms with van der Waals surface area (Å²) in [4.78, 5) is 53.4. The van der Waals surface area contributed by atoms with Gasteiger partial charge in [0.1, 0.15) is 36.6 Å². The van der Waals surface area contributed by atoms with Crippen molar-refractivity contribution in [1.82, 2.24) is 0 Å². The quantitative estimate of drug-likeness (QED) is 0.188. The minimum Gasteiger partial charge on any atom is -0.387 e. The van der Waals surface area contributed by atoms with Gasteiger partial charge in [-0.2, -0.15) is 0 Å². The van der Waals surface area contributed by atoms with Crippen molar-refractivity contribution in [2.24, 2.45) is 0 Å². The van der Waals surface area contributed by atoms with Gasteiger partial charge in [0.2, 0.25) is 0 Å². The van der Waals surface area contributed by atoms with Crippen molar-refractivity contribution in [1.29, 1.82) is 0 Å². The monoisotopic (exact) mass is 434 g/mol. The lowest BCUT2D eigenvalue weighted by Gasteiger charge is -2.45. The van der Waals surface area contributed by atoms with Crippen molar-refractivity contribution in [2.75, 3.05) is 7.11 Å². The van der Waals surface area contributed by atoms with Crippen LogP contribution in [0.5, 0.6) is 0 Å². The van der Waals surface area contributed by atoms with Crippen LogP contribution in [-0.2, 0) is 32.0 Å². The number of methoxy groups -OCH3 is 1. The number of hydrogen-bond acceptors (Lipinski definition) is 9. The molecule has 6 atom stereocenters. The fourth-order valence-electron chi connectivity index (χ4n) is 2.26. The van der Waals surface area contributed by atoms with Gasteiger partial charge in [-0.1, -0.05) is 0 Å². The maximum Gasteiger partial charge on any atom is 0.470 e. The van der Waals surface area contributed by atoms with Gasteiger partial charge in [0.15, 0.2) is 0 Å². The van der Waals surface area contributed by atoms with Gasteiger partial charge in [0.25, 0.3) is 0 Å². The van der Waals surface area contributed by atoms with Gasteiger partial charge in [-0.05, 0) is 0 Å². The average Bonchev–Trinajstić information content (AvgIpc) is 2.36. The third-order valence-electron chi connectivity index (χ3n) is 3.04. The molecular weight excluding hydrogens is 417 g/mol. The Bertz CT molecular complexity index is 590. The Hall–Kier alpha value is 0.210. The van der Waals surface area contributed by atoms with Crippen LogP contribution >= 0.6 is 23.5 Å². The van der Waals surface area contributed by atoms with Crippen LogP contribution in [0.25, 0.3) is 0 Å². The number of hydrogen-bond donors (Lipinski definition) is 8. The molecule has 1 aliphatic rings. The van der Waals surface area contributed by atoms with Gasteiger partial charge in [-0.25, -0.2) is 13.7 Å². The molecule has 0 saturated heterocycles. The van der Waals surface area contributed by atoms with Crippen LogP contribution in [0.4, 0.5) is 0 Å². The molecule has 0 aromatic carbocycles. The van der Waals surface area contributed by atoms with Crippen LogP contribution < -0.4 is 0 Å². The lowest BCUT2D eigenvalue weighted by molar-refractivity contribution is -0.219. The zero-order valence-corrected chi connectivity index (χ0v) is 14.9. The van der Waals surface area contributed by atoms with E-state index < -0.39 is 60.1 Å². The average molecular weight is 434 g/mol. The Morgan fingerprint density at radius 2 is 0.880 bits per heavy atom. The van der Waals surface area contributed by atoms with Gasteiger partial charge < -0.3 is 44.3 Å². The highest BCUT2D eigenvalue weighted by molar-refractivity contribution is 7.47. The van der Waals surface area contributed by atoms with Crippen LogP contribution in [-0.4, -0.2) is 83.3 Å². The highest BCUT2D eigenvalue weighted by atomic mass is 31.2. The van der Waals surface area contributed by atoms with E-state index in [1.807, 2.05) is 0 Å². The summed E-state index contributed by atoms with van der Waals surface area (Å²) in [6, 6.07) is 0. The summed E-state index contributed by atoms with van der Waals surface area (Å²) in [6.07, 6.45) is -13.0. The first-order valence-electron chi connectivity index (χ1n) is 6.16. The molecule has 1 aliphatic carbocycles. The Balaban J connectivity index is 3.39. The standard InChI is InChI=1S/C7H17O15P3/c1-19-4-2(8)3(9)5(20-23(10,11)12)7(22-25(16,17)18)6(4)21-24(13,14)15/h2-9H,1H3,(H2,10,11,12)(H2,13,14,15)(H2,16,17,18)/t2-,3-,4+,5-,6-,7-/m1/s1. The van der Waals surface area contributed by atoms with E-state index in [0.29, 0.717) is 0 Å². The molecule has 1 fully saturated rings. The highest BCUT2D eigenvalue weighted by Crippen LogP contribution is 2.50. The van der Waals surface area contributed by atoms with Gasteiger partial charge in [0.05, 0.1) is 0 Å². The Morgan fingerprint density at radius 3 is 1.20 bits per heavy atom. The number of ether oxygens (including phenoxy) is 1. The summed E-state index contributed by atoms with van der Waals surface area (Å²) >= 11 is 0. The summed E-state index contributed by atoms with van der Waals surface area (Å²) in [7, 11) is -15.3. The van der Waals surface area contributed by atoms with E-state index in [9.17, 15) is 23.9 Å². The smallest absolute Gasteiger partial charge is 0.387 e. The number of rotatable bonds is 7. The molecule has 1 saturated carbocycles. The van der Waals surface area contributed by atoms with Crippen molar-refractivity contribution in [3.05, 3.63) is 0 Å². The zero-order valence-electron chi connectivity index (χ0n) is 12.2. The van der Waals surface area contributed by atoms with Crippen LogP contribution in [0.2, 0.25) is 0 Å². The Morgan fingerprint density at radius 1 is 0.600 bits per heavy atom. The van der Waals surface area contributed by atoms with Crippen LogP contribution in [0, 0.1) is 0 Å². The van der Waals surface area contributed by atoms with Crippen LogP contribution in [0.1, 0.15) is 0 Å². The topological polar surface area (TPSA) is 250 Å². The summed E-state index contributed by atoms with van der Waals surface area (Å²) in [5.74, 6) is 0. The SMILES string of the molecule is CO[C@H]1[C@H](O)[C@@H](O)[C@@H](OP(=O)(O)O)[C@@H](OP(=O)(O)O)[C@@H]1OP(=O)(O)O. The summed E-state index contributed by atoms with van der Waals surface area (Å²) in [6.45, 7) is 0. The minimum atomic E-state index is -5.44. The van der Waals surface area contributed by atoms with Crippen molar-refractivity contribution >= 4 is 23.5 Å². The Kier molecular flexibility index (Phi) is 7.50. The largest absolute Gasteiger partial charge is 0.470 e. The van der Waals surface area contributed by atoms with E-state index in [2.05, 4.69) is 13.6 Å². The molecule has 0 unspecified atom stereocenters. The van der Waals surface area contributed by atoms with Crippen molar-refractivity contribution in [2.45, 2.75) is 36.6 Å². The third-order valence-corrected chi connectivity index (χ3v) is 4.60. The van der Waals surface area contributed by atoms with Crippen molar-refractivity contribution < 1.29 is 71.6 Å². The third kappa shape index (κ3) is 7.03. The first kappa shape index (κ1) is 23.2. The van der Waals surface area contributed by atoms with E-state index in [4.69, 9.17) is 34.1 Å². The molecule has 8 N–H and O–H groups in total. The molecule has 0 aromatic heterocycles. The summed E-state index contributed by atoms with van der Waals surface area (Å²) in [5.41, 5.74) is 0. The van der Waals surface area contributed by atoms with Gasteiger partial charge in [0, 0.05) is 7.11 Å². The second-order valence-corrected chi connectivity index (χ2v) is 8.44. The molecule has 0 radical (unpaired) electrons. The molecule has 0 heterocycles. The number of aliphatic hydroxyl groups excluding tert-OH is 2. The van der Waals surface area contributed by atoms with Gasteiger partial charge in [-0.3, -0.25) is 13.6 Å². The maximum atomic E-state index is 11.1. The lowest BCUT2D eigenvalue weighted by atomic mass is 9.85. The van der Waals surface area contributed by atoms with E-state index >= 15 is 0 Å². The first-order valence-corrected chi connectivity index (χ1v) is 10.8. The molecular formula is C7H17O15P3. The van der Waals surface area contributed by atoms with E-state index in [0.717, 1.165) is 7.11 Å². The fourth-order valence-corrected chi connectivity index (χ4v) is 3.94.